The van der Waals surface area contributed by atoms with Crippen LogP contribution in [0.25, 0.3) is 12.2 Å². The summed E-state index contributed by atoms with van der Waals surface area (Å²) in [4.78, 5) is 27.5. The minimum absolute atomic E-state index is 0.288. The molecule has 4 rings (SSSR count). The predicted octanol–water partition coefficient (Wildman–Crippen LogP) is 0.519. The van der Waals surface area contributed by atoms with Crippen LogP contribution in [0.4, 0.5) is 11.6 Å². The summed E-state index contributed by atoms with van der Waals surface area (Å²) < 4.78 is 0. The normalized spacial score (nSPS) is 14.1. The summed E-state index contributed by atoms with van der Waals surface area (Å²) in [5.74, 6) is 0.117. The zero-order valence-corrected chi connectivity index (χ0v) is 10.3. The first-order valence-electron chi connectivity index (χ1n) is 6.10. The molecule has 0 fully saturated rings. The molecule has 3 heterocycles. The van der Waals surface area contributed by atoms with Crippen LogP contribution in [-0.4, -0.2) is 21.6 Å². The molecule has 1 amide bonds. The molecule has 0 aliphatic carbocycles. The van der Waals surface area contributed by atoms with E-state index in [1.807, 2.05) is 18.2 Å². The topological polar surface area (TPSA) is 82.5 Å². The lowest BCUT2D eigenvalue weighted by Gasteiger charge is -1.99. The Kier molecular flexibility index (Phi) is 2.17. The lowest BCUT2D eigenvalue weighted by molar-refractivity contribution is -0.110. The number of carbonyl (C=O) groups is 1. The molecule has 0 saturated carbocycles. The molecular weight excluding hydrogens is 254 g/mol. The maximum absolute atomic E-state index is 12.1. The van der Waals surface area contributed by atoms with Gasteiger partial charge in [-0.25, -0.2) is 9.98 Å². The maximum atomic E-state index is 12.1. The molecule has 2 aromatic rings. The van der Waals surface area contributed by atoms with Crippen LogP contribution in [-0.2, 0) is 4.79 Å². The third-order valence-electron chi connectivity index (χ3n) is 3.17. The lowest BCUT2D eigenvalue weighted by atomic mass is 10.1. The van der Waals surface area contributed by atoms with Crippen molar-refractivity contribution in [1.82, 2.24) is 9.97 Å². The Morgan fingerprint density at radius 2 is 2.25 bits per heavy atom. The number of fused-ring (bicyclic) bond motifs is 3. The number of nitrogens with zero attached hydrogens (tertiary/aromatic N) is 3. The minimum atomic E-state index is -0.288. The van der Waals surface area contributed by atoms with Crippen LogP contribution in [0.15, 0.2) is 40.7 Å². The van der Waals surface area contributed by atoms with Gasteiger partial charge in [-0.3, -0.25) is 15.1 Å². The fourth-order valence-corrected chi connectivity index (χ4v) is 2.25. The van der Waals surface area contributed by atoms with Gasteiger partial charge in [0.1, 0.15) is 5.71 Å². The van der Waals surface area contributed by atoms with E-state index >= 15 is 0 Å². The number of aromatic amines is 1. The summed E-state index contributed by atoms with van der Waals surface area (Å²) >= 11 is 0. The Bertz CT molecular complexity index is 890. The zero-order chi connectivity index (χ0) is 13.5. The van der Waals surface area contributed by atoms with Crippen LogP contribution in [0.5, 0.6) is 0 Å². The molecule has 1 aromatic carbocycles. The van der Waals surface area contributed by atoms with Crippen LogP contribution in [0.3, 0.4) is 0 Å². The van der Waals surface area contributed by atoms with Gasteiger partial charge in [-0.05, 0) is 18.2 Å². The van der Waals surface area contributed by atoms with Gasteiger partial charge in [0.05, 0.1) is 11.0 Å². The molecule has 0 unspecified atom stereocenters. The van der Waals surface area contributed by atoms with Crippen molar-refractivity contribution >= 4 is 35.4 Å². The number of nitrogens with one attached hydrogen (secondary N) is 2. The van der Waals surface area contributed by atoms with Gasteiger partial charge < -0.3 is 4.98 Å². The van der Waals surface area contributed by atoms with Crippen molar-refractivity contribution in [2.24, 2.45) is 9.98 Å². The Morgan fingerprint density at radius 1 is 1.30 bits per heavy atom. The Balaban J connectivity index is 1.72. The number of amides is 1. The van der Waals surface area contributed by atoms with Crippen molar-refractivity contribution in [1.29, 1.82) is 0 Å². The van der Waals surface area contributed by atoms with Gasteiger partial charge in [-0.15, -0.1) is 0 Å². The number of aromatic nitrogens is 2. The highest BCUT2D eigenvalue weighted by molar-refractivity contribution is 6.54. The van der Waals surface area contributed by atoms with Gasteiger partial charge in [0.25, 0.3) is 5.91 Å². The number of aliphatic imine (C=N–C) groups is 1. The molecule has 2 aliphatic heterocycles. The molecule has 6 nitrogen and oxygen atoms in total. The minimum Gasteiger partial charge on any atom is -0.331 e. The van der Waals surface area contributed by atoms with E-state index in [4.69, 9.17) is 0 Å². The molecule has 0 spiro atoms. The lowest BCUT2D eigenvalue weighted by Crippen LogP contribution is -2.21. The summed E-state index contributed by atoms with van der Waals surface area (Å²) in [6.45, 7) is 0. The molecule has 6 heteroatoms. The third-order valence-corrected chi connectivity index (χ3v) is 3.17. The average Bonchev–Trinajstić information content (AvgIpc) is 3.17. The van der Waals surface area contributed by atoms with E-state index in [-0.39, 0.29) is 5.91 Å². The van der Waals surface area contributed by atoms with Crippen molar-refractivity contribution in [3.8, 4) is 0 Å². The second-order valence-electron chi connectivity index (χ2n) is 4.41. The van der Waals surface area contributed by atoms with Crippen LogP contribution in [0.1, 0.15) is 5.56 Å². The van der Waals surface area contributed by atoms with E-state index in [1.165, 1.54) is 0 Å². The number of H-pyrrole nitrogens is 1. The van der Waals surface area contributed by atoms with E-state index in [0.29, 0.717) is 11.7 Å². The second kappa shape index (κ2) is 3.99. The number of hydrogen-bond donors (Lipinski definition) is 2. The molecule has 1 aromatic heterocycles. The van der Waals surface area contributed by atoms with E-state index in [2.05, 4.69) is 25.3 Å². The number of benzene rings is 1. The molecule has 96 valence electrons. The summed E-state index contributed by atoms with van der Waals surface area (Å²) in [6.07, 6.45) is 8.62. The first-order chi connectivity index (χ1) is 9.81. The van der Waals surface area contributed by atoms with Crippen molar-refractivity contribution in [3.05, 3.63) is 46.9 Å². The first-order valence-corrected chi connectivity index (χ1v) is 6.10. The highest BCUT2D eigenvalue weighted by Crippen LogP contribution is 2.19. The highest BCUT2D eigenvalue weighted by atomic mass is 16.2. The number of anilines is 1. The molecule has 20 heavy (non-hydrogen) atoms. The molecule has 2 N–H and O–H groups in total. The number of carbonyl (C=O) groups excluding carboxylic acids is 1. The smallest absolute Gasteiger partial charge is 0.276 e. The van der Waals surface area contributed by atoms with E-state index in [0.717, 1.165) is 21.8 Å². The quantitative estimate of drug-likeness (QED) is 0.828. The van der Waals surface area contributed by atoms with Crippen molar-refractivity contribution < 1.29 is 4.79 Å². The van der Waals surface area contributed by atoms with Crippen LogP contribution < -0.4 is 15.9 Å². The van der Waals surface area contributed by atoms with Gasteiger partial charge in [0.2, 0.25) is 5.95 Å². The van der Waals surface area contributed by atoms with Crippen molar-refractivity contribution in [2.45, 2.75) is 0 Å². The SMILES string of the molecule is O=C(Nc1ncc[nH]1)C1=Nc2c3c(ccc2=C1)=NC=C3. The van der Waals surface area contributed by atoms with Gasteiger partial charge in [0.15, 0.2) is 0 Å². The molecule has 0 bridgehead atoms. The van der Waals surface area contributed by atoms with Gasteiger partial charge in [0, 0.05) is 29.4 Å². The fourth-order valence-electron chi connectivity index (χ4n) is 2.25. The van der Waals surface area contributed by atoms with Crippen LogP contribution in [0, 0.1) is 0 Å². The van der Waals surface area contributed by atoms with E-state index < -0.39 is 0 Å². The van der Waals surface area contributed by atoms with E-state index in [1.54, 1.807) is 24.7 Å². The standard InChI is InChI=1S/C14H9N5O/c20-13(19-14-16-5-6-17-14)11-7-8-1-2-10-9(3-4-15-10)12(8)18-11/h1-7H,(H2,16,17,19,20). The summed E-state index contributed by atoms with van der Waals surface area (Å²) in [6, 6.07) is 3.84. The van der Waals surface area contributed by atoms with Gasteiger partial charge in [-0.2, -0.15) is 0 Å². The maximum Gasteiger partial charge on any atom is 0.276 e. The Labute approximate surface area is 113 Å². The number of rotatable bonds is 2. The fraction of sp³-hybridized carbons (Fsp3) is 0. The molecule has 0 radical (unpaired) electrons. The largest absolute Gasteiger partial charge is 0.331 e. The average molecular weight is 263 g/mol. The molecular formula is C14H9N5O. The molecule has 0 saturated heterocycles. The van der Waals surface area contributed by atoms with E-state index in [9.17, 15) is 4.79 Å². The van der Waals surface area contributed by atoms with Crippen molar-refractivity contribution in [2.75, 3.05) is 5.32 Å². The van der Waals surface area contributed by atoms with Gasteiger partial charge >= 0.3 is 0 Å². The number of imidazole rings is 1. The predicted molar refractivity (Wildman–Crippen MR) is 75.0 cm³/mol. The Morgan fingerprint density at radius 3 is 3.10 bits per heavy atom. The summed E-state index contributed by atoms with van der Waals surface area (Å²) in [5.41, 5.74) is 2.12. The molecule has 0 atom stereocenters. The first kappa shape index (κ1) is 10.9. The van der Waals surface area contributed by atoms with Crippen LogP contribution in [0.2, 0.25) is 0 Å². The zero-order valence-electron chi connectivity index (χ0n) is 10.3. The Hall–Kier alpha value is -3.02. The number of hydrogen-bond acceptors (Lipinski definition) is 4. The second-order valence-corrected chi connectivity index (χ2v) is 4.41. The summed E-state index contributed by atoms with van der Waals surface area (Å²) in [5, 5.41) is 4.47. The molecule has 2 aliphatic rings. The van der Waals surface area contributed by atoms with Crippen LogP contribution >= 0.6 is 0 Å². The third kappa shape index (κ3) is 1.58. The highest BCUT2D eigenvalue weighted by Gasteiger charge is 2.18. The van der Waals surface area contributed by atoms with Gasteiger partial charge in [-0.1, -0.05) is 6.07 Å². The summed E-state index contributed by atoms with van der Waals surface area (Å²) in [7, 11) is 0. The monoisotopic (exact) mass is 263 g/mol. The van der Waals surface area contributed by atoms with Crippen molar-refractivity contribution in [3.63, 3.8) is 0 Å².